The number of fused-ring (bicyclic) bond motifs is 1. The number of hydrogen-bond donors (Lipinski definition) is 8. The van der Waals surface area contributed by atoms with Crippen molar-refractivity contribution in [3.8, 4) is 11.5 Å². The van der Waals surface area contributed by atoms with Crippen LogP contribution in [-0.2, 0) is 34.5 Å². The molecular formula is C26H35N5O11S. The molecule has 1 aromatic rings. The number of aliphatic hydroxyl groups is 1. The maximum atomic E-state index is 13.4. The molecule has 0 spiro atoms. The molecule has 2 aliphatic rings. The third-order valence-corrected chi connectivity index (χ3v) is 8.12. The number of cyclic esters (lactones) is 1. The van der Waals surface area contributed by atoms with Crippen LogP contribution < -0.4 is 21.7 Å². The molecule has 1 aromatic carbocycles. The van der Waals surface area contributed by atoms with Crippen molar-refractivity contribution in [2.75, 3.05) is 18.9 Å². The van der Waals surface area contributed by atoms with Crippen LogP contribution in [0.2, 0.25) is 0 Å². The molecule has 6 atom stereocenters. The molecule has 43 heavy (non-hydrogen) atoms. The van der Waals surface area contributed by atoms with E-state index >= 15 is 0 Å². The van der Waals surface area contributed by atoms with Crippen molar-refractivity contribution >= 4 is 47.3 Å². The molecule has 0 unspecified atom stereocenters. The first-order valence-electron chi connectivity index (χ1n) is 13.3. The summed E-state index contributed by atoms with van der Waals surface area (Å²) in [5.41, 5.74) is 5.64. The molecule has 0 radical (unpaired) electrons. The molecule has 3 rings (SSSR count). The van der Waals surface area contributed by atoms with Crippen LogP contribution in [0.15, 0.2) is 6.07 Å². The standard InChI is InChI=1S/C26H35N5O11S/c1-10-17(33)6-18(34)13-8-43-9-15(22(36)28-12(3)25(39)40)30-21(35)14(7-42-26(41)19(10)13)29-23(37)20-16(32)4-5-31(20)24(38)11(2)27/h6,11-12,14-16,20,32-34H,4-5,7-9,27H2,1-3H3,(H,28,36)(H,29,37)(H,30,35)(H,39,40)/t11-,12-,14-,15-,16+,20-/m0/s1. The molecule has 9 N–H and O–H groups in total. The Morgan fingerprint density at radius 2 is 1.84 bits per heavy atom. The van der Waals surface area contributed by atoms with E-state index in [0.717, 1.165) is 22.7 Å². The highest BCUT2D eigenvalue weighted by Crippen LogP contribution is 2.35. The number of phenolic OH excluding ortho intramolecular Hbond substituents is 2. The van der Waals surface area contributed by atoms with Crippen LogP contribution in [0.4, 0.5) is 0 Å². The van der Waals surface area contributed by atoms with Gasteiger partial charge in [0.2, 0.25) is 23.6 Å². The molecule has 1 saturated heterocycles. The van der Waals surface area contributed by atoms with Gasteiger partial charge in [0.15, 0.2) is 0 Å². The van der Waals surface area contributed by atoms with Gasteiger partial charge in [0.25, 0.3) is 0 Å². The van der Waals surface area contributed by atoms with E-state index < -0.39 is 90.0 Å². The smallest absolute Gasteiger partial charge is 0.339 e. The Morgan fingerprint density at radius 3 is 2.47 bits per heavy atom. The Labute approximate surface area is 250 Å². The fraction of sp³-hybridized carbons (Fsp3) is 0.538. The third-order valence-electron chi connectivity index (χ3n) is 7.06. The van der Waals surface area contributed by atoms with Crippen molar-refractivity contribution in [1.82, 2.24) is 20.9 Å². The highest BCUT2D eigenvalue weighted by Gasteiger charge is 2.43. The minimum atomic E-state index is -1.65. The second-order valence-corrected chi connectivity index (χ2v) is 11.3. The first-order chi connectivity index (χ1) is 20.1. The second kappa shape index (κ2) is 13.9. The summed E-state index contributed by atoms with van der Waals surface area (Å²) in [6, 6.07) is -5.65. The van der Waals surface area contributed by atoms with Crippen LogP contribution in [0.3, 0.4) is 0 Å². The lowest BCUT2D eigenvalue weighted by atomic mass is 10.0. The Bertz CT molecular complexity index is 1310. The second-order valence-electron chi connectivity index (χ2n) is 10.3. The molecule has 16 nitrogen and oxygen atoms in total. The number of esters is 1. The molecule has 2 heterocycles. The topological polar surface area (TPSA) is 258 Å². The van der Waals surface area contributed by atoms with Crippen molar-refractivity contribution < 1.29 is 53.9 Å². The van der Waals surface area contributed by atoms with Crippen LogP contribution in [0, 0.1) is 6.92 Å². The Hall–Kier alpha value is -4.09. The minimum absolute atomic E-state index is 0.0236. The van der Waals surface area contributed by atoms with Gasteiger partial charge >= 0.3 is 11.9 Å². The van der Waals surface area contributed by atoms with Gasteiger partial charge in [-0.25, -0.2) is 4.79 Å². The number of aliphatic carboxylic acids is 1. The van der Waals surface area contributed by atoms with E-state index in [-0.39, 0.29) is 41.2 Å². The first kappa shape index (κ1) is 33.4. The fourth-order valence-electron chi connectivity index (χ4n) is 4.61. The van der Waals surface area contributed by atoms with Crippen molar-refractivity contribution in [2.24, 2.45) is 5.73 Å². The van der Waals surface area contributed by atoms with Gasteiger partial charge in [0.05, 0.1) is 17.7 Å². The van der Waals surface area contributed by atoms with Gasteiger partial charge in [-0.1, -0.05) is 0 Å². The van der Waals surface area contributed by atoms with Crippen LogP contribution in [0.5, 0.6) is 11.5 Å². The van der Waals surface area contributed by atoms with E-state index in [1.165, 1.54) is 20.8 Å². The van der Waals surface area contributed by atoms with Crippen molar-refractivity contribution in [3.05, 3.63) is 22.8 Å². The van der Waals surface area contributed by atoms with Crippen molar-refractivity contribution in [1.29, 1.82) is 0 Å². The Kier molecular flexibility index (Phi) is 10.8. The predicted molar refractivity (Wildman–Crippen MR) is 150 cm³/mol. The molecule has 4 amide bonds. The summed E-state index contributed by atoms with van der Waals surface area (Å²) in [6.07, 6.45) is -1.22. The molecule has 0 aromatic heterocycles. The molecule has 0 aliphatic carbocycles. The third kappa shape index (κ3) is 7.66. The van der Waals surface area contributed by atoms with Crippen molar-refractivity contribution in [2.45, 2.75) is 69.3 Å². The summed E-state index contributed by atoms with van der Waals surface area (Å²) in [5, 5.41) is 47.4. The van der Waals surface area contributed by atoms with Gasteiger partial charge in [-0.15, -0.1) is 0 Å². The Morgan fingerprint density at radius 1 is 1.16 bits per heavy atom. The molecular weight excluding hydrogens is 590 g/mol. The summed E-state index contributed by atoms with van der Waals surface area (Å²) in [6.45, 7) is 3.27. The highest BCUT2D eigenvalue weighted by atomic mass is 32.2. The van der Waals surface area contributed by atoms with Gasteiger partial charge in [0, 0.05) is 35.2 Å². The molecule has 0 saturated carbocycles. The van der Waals surface area contributed by atoms with E-state index in [9.17, 15) is 49.2 Å². The van der Waals surface area contributed by atoms with Gasteiger partial charge in [0.1, 0.15) is 42.3 Å². The SMILES string of the molecule is Cc1c(O)cc(O)c2c1C(=O)OC[C@H](NC(=O)[C@@H]1[C@H](O)CCN1C(=O)[C@H](C)N)C(=O)N[C@H](C(=O)N[C@@H](C)C(=O)O)CSC2. The zero-order valence-electron chi connectivity index (χ0n) is 23.7. The van der Waals surface area contributed by atoms with Crippen LogP contribution in [0.1, 0.15) is 41.8 Å². The molecule has 1 fully saturated rings. The number of rotatable bonds is 6. The number of likely N-dealkylation sites (tertiary alicyclic amines) is 1. The number of carbonyl (C=O) groups excluding carboxylic acids is 5. The normalized spacial score (nSPS) is 24.3. The number of amides is 4. The number of ether oxygens (including phenoxy) is 1. The predicted octanol–water partition coefficient (Wildman–Crippen LogP) is -2.32. The zero-order chi connectivity index (χ0) is 32.2. The van der Waals surface area contributed by atoms with Gasteiger partial charge < -0.3 is 51.7 Å². The largest absolute Gasteiger partial charge is 0.508 e. The monoisotopic (exact) mass is 625 g/mol. The van der Waals surface area contributed by atoms with Crippen LogP contribution in [-0.4, -0.2) is 116 Å². The summed E-state index contributed by atoms with van der Waals surface area (Å²) in [7, 11) is 0. The van der Waals surface area contributed by atoms with E-state index in [2.05, 4.69) is 16.0 Å². The molecule has 17 heteroatoms. The number of thioether (sulfide) groups is 1. The lowest BCUT2D eigenvalue weighted by Gasteiger charge is -2.29. The highest BCUT2D eigenvalue weighted by molar-refractivity contribution is 7.98. The Balaban J connectivity index is 1.97. The lowest BCUT2D eigenvalue weighted by Crippen LogP contribution is -2.60. The number of benzene rings is 1. The van der Waals surface area contributed by atoms with Crippen molar-refractivity contribution in [3.63, 3.8) is 0 Å². The molecule has 0 bridgehead atoms. The number of nitrogens with one attached hydrogen (secondary N) is 3. The number of phenols is 2. The summed E-state index contributed by atoms with van der Waals surface area (Å²) in [5.74, 6) is -6.81. The maximum absolute atomic E-state index is 13.4. The van der Waals surface area contributed by atoms with E-state index in [1.807, 2.05) is 0 Å². The van der Waals surface area contributed by atoms with Gasteiger partial charge in [-0.3, -0.25) is 24.0 Å². The lowest BCUT2D eigenvalue weighted by molar-refractivity contribution is -0.142. The summed E-state index contributed by atoms with van der Waals surface area (Å²) >= 11 is 1.01. The van der Waals surface area contributed by atoms with Gasteiger partial charge in [-0.2, -0.15) is 11.8 Å². The number of nitrogens with two attached hydrogens (primary N) is 1. The van der Waals surface area contributed by atoms with Crippen LogP contribution >= 0.6 is 11.8 Å². The number of carboxylic acids is 1. The number of carbonyl (C=O) groups is 6. The number of aromatic hydroxyl groups is 2. The first-order valence-corrected chi connectivity index (χ1v) is 14.5. The number of aliphatic hydroxyl groups excluding tert-OH is 1. The minimum Gasteiger partial charge on any atom is -0.508 e. The zero-order valence-corrected chi connectivity index (χ0v) is 24.5. The maximum Gasteiger partial charge on any atom is 0.339 e. The van der Waals surface area contributed by atoms with E-state index in [0.29, 0.717) is 0 Å². The number of nitrogens with zero attached hydrogens (tertiary/aromatic N) is 1. The number of carboxylic acid groups (broad SMARTS) is 1. The number of hydrogen-bond acceptors (Lipinski definition) is 12. The quantitative estimate of drug-likeness (QED) is 0.155. The summed E-state index contributed by atoms with van der Waals surface area (Å²) in [4.78, 5) is 77.7. The summed E-state index contributed by atoms with van der Waals surface area (Å²) < 4.78 is 5.32. The fourth-order valence-corrected chi connectivity index (χ4v) is 5.70. The van der Waals surface area contributed by atoms with E-state index in [4.69, 9.17) is 10.5 Å². The van der Waals surface area contributed by atoms with Gasteiger partial charge in [-0.05, 0) is 27.2 Å². The average Bonchev–Trinajstić information content (AvgIpc) is 3.32. The molecule has 236 valence electrons. The molecule has 2 aliphatic heterocycles. The van der Waals surface area contributed by atoms with E-state index in [1.54, 1.807) is 0 Å². The average molecular weight is 626 g/mol. The van der Waals surface area contributed by atoms with Crippen LogP contribution in [0.25, 0.3) is 0 Å².